The minimum atomic E-state index is -3.49. The number of hydrogen-bond acceptors (Lipinski definition) is 3. The molecule has 0 unspecified atom stereocenters. The van der Waals surface area contributed by atoms with Crippen molar-refractivity contribution in [2.75, 3.05) is 0 Å². The van der Waals surface area contributed by atoms with E-state index in [-0.39, 0.29) is 5.75 Å². The second-order valence-corrected chi connectivity index (χ2v) is 5.43. The molecule has 1 aromatic rings. The third-order valence-electron chi connectivity index (χ3n) is 1.67. The van der Waals surface area contributed by atoms with Crippen LogP contribution in [0, 0.1) is 0 Å². The fourth-order valence-electron chi connectivity index (χ4n) is 1.08. The van der Waals surface area contributed by atoms with Gasteiger partial charge in [-0.15, -0.1) is 0 Å². The van der Waals surface area contributed by atoms with E-state index in [1.807, 2.05) is 6.07 Å². The fraction of sp³-hybridized carbons (Fsp3) is 0.250. The Morgan fingerprint density at radius 2 is 1.77 bits per heavy atom. The zero-order chi connectivity index (χ0) is 9.90. The van der Waals surface area contributed by atoms with Gasteiger partial charge in [-0.25, -0.2) is 8.42 Å². The van der Waals surface area contributed by atoms with E-state index in [0.29, 0.717) is 12.1 Å². The van der Waals surface area contributed by atoms with Crippen LogP contribution in [0.5, 0.6) is 0 Å². The molecule has 0 heterocycles. The summed E-state index contributed by atoms with van der Waals surface area (Å²) in [4.78, 5) is 0. The second kappa shape index (κ2) is 4.09. The van der Waals surface area contributed by atoms with Gasteiger partial charge >= 0.3 is 0 Å². The first-order valence-electron chi connectivity index (χ1n) is 3.72. The van der Waals surface area contributed by atoms with Crippen LogP contribution >= 0.6 is 10.7 Å². The molecule has 2 N–H and O–H groups in total. The average molecular weight is 220 g/mol. The summed E-state index contributed by atoms with van der Waals surface area (Å²) in [6.07, 6.45) is 0. The van der Waals surface area contributed by atoms with E-state index in [1.165, 1.54) is 0 Å². The number of halogens is 1. The molecule has 0 aliphatic heterocycles. The van der Waals surface area contributed by atoms with Gasteiger partial charge in [0.1, 0.15) is 0 Å². The highest BCUT2D eigenvalue weighted by Gasteiger charge is 2.09. The largest absolute Gasteiger partial charge is 0.326 e. The molecule has 0 spiro atoms. The third-order valence-corrected chi connectivity index (χ3v) is 2.65. The predicted molar refractivity (Wildman–Crippen MR) is 52.8 cm³/mol. The van der Waals surface area contributed by atoms with Crippen molar-refractivity contribution in [1.82, 2.24) is 0 Å². The summed E-state index contributed by atoms with van der Waals surface area (Å²) < 4.78 is 21.6. The molecule has 5 heteroatoms. The first-order valence-corrected chi connectivity index (χ1v) is 6.20. The Morgan fingerprint density at radius 3 is 2.23 bits per heavy atom. The molecule has 0 aromatic heterocycles. The molecule has 13 heavy (non-hydrogen) atoms. The third kappa shape index (κ3) is 3.34. The summed E-state index contributed by atoms with van der Waals surface area (Å²) in [7, 11) is 1.63. The van der Waals surface area contributed by atoms with Gasteiger partial charge in [-0.1, -0.05) is 24.3 Å². The Bertz CT molecular complexity index is 389. The van der Waals surface area contributed by atoms with Crippen LogP contribution in [0.3, 0.4) is 0 Å². The van der Waals surface area contributed by atoms with Gasteiger partial charge in [-0.3, -0.25) is 0 Å². The van der Waals surface area contributed by atoms with E-state index >= 15 is 0 Å². The Labute approximate surface area is 81.9 Å². The normalized spacial score (nSPS) is 11.5. The van der Waals surface area contributed by atoms with E-state index in [0.717, 1.165) is 5.56 Å². The lowest BCUT2D eigenvalue weighted by Gasteiger charge is -2.04. The molecule has 1 rings (SSSR count). The Morgan fingerprint density at radius 1 is 1.23 bits per heavy atom. The second-order valence-electron chi connectivity index (χ2n) is 2.66. The van der Waals surface area contributed by atoms with Crippen molar-refractivity contribution in [3.05, 3.63) is 35.4 Å². The lowest BCUT2D eigenvalue weighted by Crippen LogP contribution is -2.04. The van der Waals surface area contributed by atoms with Crippen LogP contribution in [0.15, 0.2) is 24.3 Å². The zero-order valence-electron chi connectivity index (χ0n) is 6.90. The highest BCUT2D eigenvalue weighted by atomic mass is 35.7. The SMILES string of the molecule is NCc1ccccc1CS(=O)(=O)Cl. The Kier molecular flexibility index (Phi) is 3.30. The topological polar surface area (TPSA) is 60.2 Å². The Hall–Kier alpha value is -0.580. The smallest absolute Gasteiger partial charge is 0.236 e. The predicted octanol–water partition coefficient (Wildman–Crippen LogP) is 1.21. The van der Waals surface area contributed by atoms with Crippen molar-refractivity contribution < 1.29 is 8.42 Å². The molecule has 0 atom stereocenters. The summed E-state index contributed by atoms with van der Waals surface area (Å²) in [6.45, 7) is 0.322. The van der Waals surface area contributed by atoms with Gasteiger partial charge in [0.05, 0.1) is 5.75 Å². The van der Waals surface area contributed by atoms with E-state index in [1.54, 1.807) is 18.2 Å². The van der Waals surface area contributed by atoms with Crippen LogP contribution in [-0.2, 0) is 21.3 Å². The number of benzene rings is 1. The van der Waals surface area contributed by atoms with Gasteiger partial charge in [-0.05, 0) is 11.1 Å². The molecule has 0 amide bonds. The first kappa shape index (κ1) is 10.5. The summed E-state index contributed by atoms with van der Waals surface area (Å²) in [5.74, 6) is -0.165. The molecule has 0 aliphatic carbocycles. The first-order chi connectivity index (χ1) is 6.03. The molecule has 0 saturated heterocycles. The van der Waals surface area contributed by atoms with Crippen LogP contribution in [0.25, 0.3) is 0 Å². The van der Waals surface area contributed by atoms with Crippen molar-refractivity contribution in [2.24, 2.45) is 5.73 Å². The molecule has 0 aliphatic rings. The van der Waals surface area contributed by atoms with Crippen LogP contribution < -0.4 is 5.73 Å². The maximum atomic E-state index is 10.8. The zero-order valence-corrected chi connectivity index (χ0v) is 8.48. The van der Waals surface area contributed by atoms with Gasteiger partial charge in [-0.2, -0.15) is 0 Å². The maximum Gasteiger partial charge on any atom is 0.236 e. The van der Waals surface area contributed by atoms with Gasteiger partial charge in [0.15, 0.2) is 0 Å². The standard InChI is InChI=1S/C8H10ClNO2S/c9-13(11,12)6-8-4-2-1-3-7(8)5-10/h1-4H,5-6,10H2. The molecule has 72 valence electrons. The van der Waals surface area contributed by atoms with Crippen LogP contribution in [-0.4, -0.2) is 8.42 Å². The van der Waals surface area contributed by atoms with Crippen LogP contribution in [0.2, 0.25) is 0 Å². The highest BCUT2D eigenvalue weighted by molar-refractivity contribution is 8.13. The summed E-state index contributed by atoms with van der Waals surface area (Å²) in [5, 5.41) is 0. The van der Waals surface area contributed by atoms with Crippen molar-refractivity contribution in [3.8, 4) is 0 Å². The molecular formula is C8H10ClNO2S. The van der Waals surface area contributed by atoms with Gasteiger partial charge in [0.2, 0.25) is 9.05 Å². The molecular weight excluding hydrogens is 210 g/mol. The van der Waals surface area contributed by atoms with Crippen molar-refractivity contribution >= 4 is 19.7 Å². The number of rotatable bonds is 3. The summed E-state index contributed by atoms with van der Waals surface area (Å²) >= 11 is 0. The lowest BCUT2D eigenvalue weighted by molar-refractivity contribution is 0.608. The van der Waals surface area contributed by atoms with Gasteiger partial charge in [0, 0.05) is 17.2 Å². The monoisotopic (exact) mass is 219 g/mol. The van der Waals surface area contributed by atoms with Crippen LogP contribution in [0.4, 0.5) is 0 Å². The molecule has 1 aromatic carbocycles. The molecule has 0 bridgehead atoms. The summed E-state index contributed by atoms with van der Waals surface area (Å²) in [6, 6.07) is 7.07. The van der Waals surface area contributed by atoms with Gasteiger partial charge < -0.3 is 5.73 Å². The maximum absolute atomic E-state index is 10.8. The van der Waals surface area contributed by atoms with Crippen molar-refractivity contribution in [3.63, 3.8) is 0 Å². The minimum absolute atomic E-state index is 0.165. The molecule has 3 nitrogen and oxygen atoms in total. The van der Waals surface area contributed by atoms with Crippen molar-refractivity contribution in [1.29, 1.82) is 0 Å². The van der Waals surface area contributed by atoms with E-state index in [2.05, 4.69) is 0 Å². The number of hydrogen-bond donors (Lipinski definition) is 1. The van der Waals surface area contributed by atoms with Gasteiger partial charge in [0.25, 0.3) is 0 Å². The fourth-order valence-corrected chi connectivity index (χ4v) is 2.09. The number of nitrogens with two attached hydrogens (primary N) is 1. The van der Waals surface area contributed by atoms with Crippen LogP contribution in [0.1, 0.15) is 11.1 Å². The van der Waals surface area contributed by atoms with Crippen molar-refractivity contribution in [2.45, 2.75) is 12.3 Å². The summed E-state index contributed by atoms with van der Waals surface area (Å²) in [5.41, 5.74) is 6.91. The minimum Gasteiger partial charge on any atom is -0.326 e. The van der Waals surface area contributed by atoms with E-state index in [9.17, 15) is 8.42 Å². The lowest BCUT2D eigenvalue weighted by atomic mass is 10.1. The van der Waals surface area contributed by atoms with E-state index in [4.69, 9.17) is 16.4 Å². The molecule has 0 fully saturated rings. The average Bonchev–Trinajstić information content (AvgIpc) is 2.02. The molecule has 0 saturated carbocycles. The van der Waals surface area contributed by atoms with E-state index < -0.39 is 9.05 Å². The highest BCUT2D eigenvalue weighted by Crippen LogP contribution is 2.13. The quantitative estimate of drug-likeness (QED) is 0.778. The Balaban J connectivity index is 3.01. The molecule has 0 radical (unpaired) electrons.